The highest BCUT2D eigenvalue weighted by Crippen LogP contribution is 2.39. The number of amides is 4. The van der Waals surface area contributed by atoms with Crippen molar-refractivity contribution >= 4 is 57.8 Å². The number of carbonyl (C=O) groups excluding carboxylic acids is 4. The van der Waals surface area contributed by atoms with Crippen molar-refractivity contribution in [2.75, 3.05) is 27.6 Å². The number of nitrogens with one attached hydrogen (secondary N) is 3. The van der Waals surface area contributed by atoms with Gasteiger partial charge in [-0.25, -0.2) is 0 Å². The van der Waals surface area contributed by atoms with Crippen LogP contribution in [0.25, 0.3) is 0 Å². The molecule has 0 fully saturated rings. The van der Waals surface area contributed by atoms with Gasteiger partial charge in [0.05, 0.1) is 15.5 Å². The predicted octanol–water partition coefficient (Wildman–Crippen LogP) is 5.78. The summed E-state index contributed by atoms with van der Waals surface area (Å²) in [7, 11) is 0. The number of aliphatic hydroxyl groups is 3. The Morgan fingerprint density at radius 2 is 1.11 bits per heavy atom. The molecular weight excluding hydrogens is 878 g/mol. The van der Waals surface area contributed by atoms with Crippen LogP contribution < -0.4 is 30.5 Å². The minimum absolute atomic E-state index is 0.00868. The van der Waals surface area contributed by atoms with Crippen LogP contribution in [0.15, 0.2) is 84.9 Å². The molecule has 4 aromatic rings. The second-order valence-corrected chi connectivity index (χ2v) is 13.6. The number of benzene rings is 4. The zero-order valence-corrected chi connectivity index (χ0v) is 33.3. The third kappa shape index (κ3) is 13.8. The molecule has 0 aromatic heterocycles. The van der Waals surface area contributed by atoms with Crippen molar-refractivity contribution in [2.24, 2.45) is 0 Å². The van der Waals surface area contributed by atoms with Gasteiger partial charge >= 0.3 is 12.4 Å². The Labute approximate surface area is 355 Å². The monoisotopic (exact) mass is 914 g/mol. The van der Waals surface area contributed by atoms with Gasteiger partial charge in [0.1, 0.15) is 29.2 Å². The molecule has 4 aromatic carbocycles. The molecule has 26 heteroatoms. The second kappa shape index (κ2) is 20.2. The van der Waals surface area contributed by atoms with Crippen LogP contribution >= 0.6 is 0 Å². The highest BCUT2D eigenvalue weighted by Gasteiger charge is 2.43. The van der Waals surface area contributed by atoms with E-state index in [1.54, 1.807) is 0 Å². The van der Waals surface area contributed by atoms with E-state index in [2.05, 4.69) is 10.6 Å². The number of carbonyl (C=O) groups is 4. The van der Waals surface area contributed by atoms with E-state index >= 15 is 0 Å². The summed E-state index contributed by atoms with van der Waals surface area (Å²) in [4.78, 5) is 65.9. The summed E-state index contributed by atoms with van der Waals surface area (Å²) in [5.74, 6) is -3.19. The van der Waals surface area contributed by atoms with E-state index in [4.69, 9.17) is 9.47 Å². The predicted molar refractivity (Wildman–Crippen MR) is 209 cm³/mol. The second-order valence-electron chi connectivity index (χ2n) is 13.6. The van der Waals surface area contributed by atoms with Crippen LogP contribution in [0.2, 0.25) is 0 Å². The number of hydroxylamine groups is 1. The largest absolute Gasteiger partial charge is 0.490 e. The van der Waals surface area contributed by atoms with Crippen molar-refractivity contribution < 1.29 is 85.4 Å². The Bertz CT molecular complexity index is 2380. The maximum absolute atomic E-state index is 13.1. The fourth-order valence-electron chi connectivity index (χ4n) is 4.94. The molecule has 0 aliphatic rings. The maximum atomic E-state index is 13.1. The van der Waals surface area contributed by atoms with Gasteiger partial charge in [-0.3, -0.25) is 44.6 Å². The molecule has 0 spiro atoms. The van der Waals surface area contributed by atoms with Crippen LogP contribution in [0, 0.1) is 20.2 Å². The first-order valence-corrected chi connectivity index (χ1v) is 17.7. The molecule has 0 heterocycles. The molecular formula is C38H36F6N6O14. The summed E-state index contributed by atoms with van der Waals surface area (Å²) in [6.45, 7) is 3.74. The van der Waals surface area contributed by atoms with Gasteiger partial charge < -0.3 is 40.7 Å². The van der Waals surface area contributed by atoms with Gasteiger partial charge in [-0.05, 0) is 86.6 Å². The van der Waals surface area contributed by atoms with Crippen molar-refractivity contribution in [3.05, 3.63) is 116 Å². The van der Waals surface area contributed by atoms with Crippen molar-refractivity contribution in [3.8, 4) is 11.5 Å². The molecule has 20 nitrogen and oxygen atoms in total. The number of aliphatic hydroxyl groups excluding tert-OH is 1. The normalized spacial score (nSPS) is 13.6. The molecule has 4 rings (SSSR count). The Balaban J connectivity index is 0.000000340. The minimum atomic E-state index is -5.13. The average Bonchev–Trinajstić information content (AvgIpc) is 3.19. The number of hydrogen-bond donors (Lipinski definition) is 7. The molecule has 0 saturated heterocycles. The number of anilines is 4. The summed E-state index contributed by atoms with van der Waals surface area (Å²) in [6.07, 6.45) is -12.3. The topological polar surface area (TPSA) is 293 Å². The molecule has 0 saturated carbocycles. The fraction of sp³-hybridized carbons (Fsp3) is 0.263. The summed E-state index contributed by atoms with van der Waals surface area (Å²) in [5.41, 5.74) is -11.1. The number of halogens is 6. The lowest BCUT2D eigenvalue weighted by molar-refractivity contribution is -0.388. The summed E-state index contributed by atoms with van der Waals surface area (Å²) < 4.78 is 88.9. The first kappa shape index (κ1) is 50.9. The van der Waals surface area contributed by atoms with Crippen molar-refractivity contribution in [1.82, 2.24) is 0 Å². The standard InChI is InChI=1S/2C19H18F3N3O7/c1-11(26)23-12-3-6-14(7-4-12)32-10-18(2,28)17(27)24(29)13-5-8-16(25(30)31)15(9-13)19(20,21)22;1-10(26)23-11-3-6-13(7-4-11)32-17(28)18(2,29)16(27)24-12-5-8-15(25(30)31)14(9-12)19(20,21)22/h3-9,28-29H,10H2,1-2H3,(H,23,26);3-9,17,28-29H,1-2H3,(H,23,26)(H,24,27)/t18-;17?,18-/m01/s1. The number of nitro benzene ring substituents is 2. The maximum Gasteiger partial charge on any atom is 0.423 e. The number of rotatable bonds is 14. The van der Waals surface area contributed by atoms with Gasteiger partial charge in [-0.15, -0.1) is 0 Å². The van der Waals surface area contributed by atoms with E-state index in [0.717, 1.165) is 26.0 Å². The fourth-order valence-corrected chi connectivity index (χ4v) is 4.94. The lowest BCUT2D eigenvalue weighted by Crippen LogP contribution is -2.52. The Morgan fingerprint density at radius 3 is 1.55 bits per heavy atom. The van der Waals surface area contributed by atoms with Crippen molar-refractivity contribution in [2.45, 2.75) is 57.5 Å². The van der Waals surface area contributed by atoms with Gasteiger partial charge in [0.25, 0.3) is 23.2 Å². The molecule has 0 bridgehead atoms. The van der Waals surface area contributed by atoms with Crippen LogP contribution in [0.1, 0.15) is 38.8 Å². The molecule has 0 aliphatic heterocycles. The first-order valence-electron chi connectivity index (χ1n) is 17.7. The highest BCUT2D eigenvalue weighted by atomic mass is 19.4. The van der Waals surface area contributed by atoms with Gasteiger partial charge in [-0.1, -0.05) is 0 Å². The van der Waals surface area contributed by atoms with Crippen LogP contribution in [0.4, 0.5) is 60.5 Å². The van der Waals surface area contributed by atoms with Gasteiger partial charge in [0.2, 0.25) is 23.7 Å². The molecule has 64 heavy (non-hydrogen) atoms. The van der Waals surface area contributed by atoms with E-state index in [0.29, 0.717) is 29.6 Å². The lowest BCUT2D eigenvalue weighted by atomic mass is 10.0. The SMILES string of the molecule is CC(=O)Nc1ccc(OC(O)[C@](C)(O)C(=O)Nc2ccc([N+](=O)[O-])c(C(F)(F)F)c2)cc1.CC(=O)Nc1ccc(OC[C@](C)(O)C(=O)N(O)c2ccc([N+](=O)[O-])c(C(F)(F)F)c2)cc1. The number of nitrogens with zero attached hydrogens (tertiary/aromatic N) is 3. The minimum Gasteiger partial charge on any atom is -0.490 e. The van der Waals surface area contributed by atoms with Crippen LogP contribution in [-0.2, 0) is 31.5 Å². The third-order valence-corrected chi connectivity index (χ3v) is 8.19. The van der Waals surface area contributed by atoms with Crippen LogP contribution in [-0.4, -0.2) is 78.1 Å². The smallest absolute Gasteiger partial charge is 0.423 e. The van der Waals surface area contributed by atoms with Crippen molar-refractivity contribution in [3.63, 3.8) is 0 Å². The number of ether oxygens (including phenoxy) is 2. The zero-order valence-electron chi connectivity index (χ0n) is 33.3. The van der Waals surface area contributed by atoms with E-state index in [-0.39, 0.29) is 34.4 Å². The zero-order chi connectivity index (χ0) is 48.5. The van der Waals surface area contributed by atoms with Crippen LogP contribution in [0.5, 0.6) is 11.5 Å². The first-order chi connectivity index (χ1) is 29.4. The van der Waals surface area contributed by atoms with Gasteiger partial charge in [0, 0.05) is 43.0 Å². The average molecular weight is 915 g/mol. The number of nitro groups is 2. The Kier molecular flexibility index (Phi) is 16.1. The van der Waals surface area contributed by atoms with Crippen molar-refractivity contribution in [1.29, 1.82) is 0 Å². The van der Waals surface area contributed by atoms with Crippen LogP contribution in [0.3, 0.4) is 0 Å². The summed E-state index contributed by atoms with van der Waals surface area (Å²) in [5, 5.41) is 69.2. The Morgan fingerprint density at radius 1 is 0.688 bits per heavy atom. The molecule has 0 aliphatic carbocycles. The third-order valence-electron chi connectivity index (χ3n) is 8.19. The quantitative estimate of drug-likeness (QED) is 0.0259. The summed E-state index contributed by atoms with van der Waals surface area (Å²) >= 11 is 0. The number of alkyl halides is 6. The number of hydrogen-bond acceptors (Lipinski definition) is 14. The van der Waals surface area contributed by atoms with Gasteiger partial charge in [-0.2, -0.15) is 31.4 Å². The molecule has 4 amide bonds. The molecule has 3 atom stereocenters. The van der Waals surface area contributed by atoms with E-state index < -0.39 is 92.0 Å². The molecule has 344 valence electrons. The van der Waals surface area contributed by atoms with Gasteiger partial charge in [0.15, 0.2) is 5.60 Å². The molecule has 1 unspecified atom stereocenters. The summed E-state index contributed by atoms with van der Waals surface area (Å²) in [6, 6.07) is 14.5. The lowest BCUT2D eigenvalue weighted by Gasteiger charge is -2.28. The van der Waals surface area contributed by atoms with E-state index in [1.165, 1.54) is 62.4 Å². The molecule has 7 N–H and O–H groups in total. The Hall–Kier alpha value is -7.42. The molecule has 0 radical (unpaired) electrons. The van der Waals surface area contributed by atoms with E-state index in [1.807, 2.05) is 5.32 Å². The van der Waals surface area contributed by atoms with E-state index in [9.17, 15) is 86.3 Å². The highest BCUT2D eigenvalue weighted by molar-refractivity contribution is 5.98.